The van der Waals surface area contributed by atoms with Crippen molar-refractivity contribution in [2.45, 2.75) is 26.7 Å². The van der Waals surface area contributed by atoms with Crippen LogP contribution in [0.2, 0.25) is 0 Å². The van der Waals surface area contributed by atoms with Gasteiger partial charge in [-0.3, -0.25) is 0 Å². The summed E-state index contributed by atoms with van der Waals surface area (Å²) in [5.74, 6) is 1.41. The second-order valence-electron chi connectivity index (χ2n) is 7.18. The van der Waals surface area contributed by atoms with Gasteiger partial charge in [0.15, 0.2) is 11.5 Å². The number of sulfonamides is 1. The smallest absolute Gasteiger partial charge is 0.343 e. The number of methoxy groups -OCH3 is 2. The lowest BCUT2D eigenvalue weighted by molar-refractivity contribution is 0.0526. The van der Waals surface area contributed by atoms with E-state index in [9.17, 15) is 13.2 Å². The van der Waals surface area contributed by atoms with E-state index >= 15 is 0 Å². The number of nitrogens with zero attached hydrogens (tertiary/aromatic N) is 2. The van der Waals surface area contributed by atoms with E-state index in [4.69, 9.17) is 14.2 Å². The first-order valence-corrected chi connectivity index (χ1v) is 12.7. The summed E-state index contributed by atoms with van der Waals surface area (Å²) in [5.41, 5.74) is 1.22. The number of carbonyl (C=O) groups excluding carboxylic acids is 1. The third-order valence-electron chi connectivity index (χ3n) is 4.64. The molecule has 0 amide bonds. The van der Waals surface area contributed by atoms with Crippen LogP contribution in [0, 0.1) is 0 Å². The molecule has 0 aliphatic rings. The molecule has 11 nitrogen and oxygen atoms in total. The quantitative estimate of drug-likeness (QED) is 0.248. The fraction of sp³-hybridized carbons (Fsp3) is 0.500. The number of esters is 1. The summed E-state index contributed by atoms with van der Waals surface area (Å²) in [4.78, 5) is 20.9. The highest BCUT2D eigenvalue weighted by molar-refractivity contribution is 7.89. The van der Waals surface area contributed by atoms with Crippen LogP contribution in [-0.4, -0.2) is 70.6 Å². The molecule has 0 aliphatic carbocycles. The molecule has 0 fully saturated rings. The molecule has 1 heterocycles. The molecule has 12 heteroatoms. The number of ether oxygens (including phenoxy) is 3. The fourth-order valence-corrected chi connectivity index (χ4v) is 4.14. The van der Waals surface area contributed by atoms with E-state index in [1.54, 1.807) is 28.1 Å². The van der Waals surface area contributed by atoms with Crippen LogP contribution in [0.4, 0.5) is 11.8 Å². The van der Waals surface area contributed by atoms with Crippen LogP contribution in [0.15, 0.2) is 24.4 Å². The van der Waals surface area contributed by atoms with Gasteiger partial charge in [0.25, 0.3) is 0 Å². The Morgan fingerprint density at radius 3 is 2.47 bits per heavy atom. The van der Waals surface area contributed by atoms with E-state index < -0.39 is 16.0 Å². The van der Waals surface area contributed by atoms with Crippen molar-refractivity contribution in [1.82, 2.24) is 14.7 Å². The highest BCUT2D eigenvalue weighted by atomic mass is 32.2. The molecule has 0 unspecified atom stereocenters. The van der Waals surface area contributed by atoms with Crippen LogP contribution in [-0.2, 0) is 21.2 Å². The molecule has 0 bridgehead atoms. The number of carbonyl (C=O) groups is 1. The molecule has 0 saturated heterocycles. The van der Waals surface area contributed by atoms with Gasteiger partial charge in [0.2, 0.25) is 16.0 Å². The molecule has 0 atom stereocenters. The lowest BCUT2D eigenvalue weighted by Gasteiger charge is -2.13. The van der Waals surface area contributed by atoms with Gasteiger partial charge in [0.05, 0.1) is 26.6 Å². The maximum Gasteiger partial charge on any atom is 0.343 e. The third kappa shape index (κ3) is 8.34. The van der Waals surface area contributed by atoms with Gasteiger partial charge in [0.1, 0.15) is 11.4 Å². The first kappa shape index (κ1) is 27.1. The van der Waals surface area contributed by atoms with Crippen molar-refractivity contribution < 1.29 is 27.4 Å². The molecule has 1 aromatic carbocycles. The van der Waals surface area contributed by atoms with Crippen molar-refractivity contribution in [1.29, 1.82) is 0 Å². The van der Waals surface area contributed by atoms with Crippen molar-refractivity contribution in [3.8, 4) is 11.5 Å². The molecule has 188 valence electrons. The molecule has 1 aromatic heterocycles. The zero-order valence-corrected chi connectivity index (χ0v) is 20.8. The summed E-state index contributed by atoms with van der Waals surface area (Å²) in [6.07, 6.45) is 2.56. The standard InChI is InChI=1S/C22H33N5O6S/c1-5-13-34(29,30)26-12-11-24-22-25-15-17(21(28)33-6-2)20(27-22)23-10-9-16-7-8-18(31-3)19(14-16)32-4/h7-8,14-15,26H,5-6,9-13H2,1-4H3,(H2,23,24,25,27). The minimum Gasteiger partial charge on any atom is -0.493 e. The van der Waals surface area contributed by atoms with Gasteiger partial charge in [-0.25, -0.2) is 22.9 Å². The summed E-state index contributed by atoms with van der Waals surface area (Å²) < 4.78 is 41.7. The normalized spacial score (nSPS) is 11.1. The van der Waals surface area contributed by atoms with Crippen molar-refractivity contribution in [3.05, 3.63) is 35.5 Å². The third-order valence-corrected chi connectivity index (χ3v) is 6.23. The van der Waals surface area contributed by atoms with E-state index in [0.717, 1.165) is 5.56 Å². The molecule has 2 aromatic rings. The number of rotatable bonds is 15. The topological polar surface area (TPSA) is 141 Å². The fourth-order valence-electron chi connectivity index (χ4n) is 3.04. The molecule has 3 N–H and O–H groups in total. The molecule has 0 aliphatic heterocycles. The Morgan fingerprint density at radius 1 is 1.03 bits per heavy atom. The Bertz CT molecular complexity index is 1050. The molecular weight excluding hydrogens is 462 g/mol. The number of anilines is 2. The van der Waals surface area contributed by atoms with Gasteiger partial charge in [-0.05, 0) is 37.5 Å². The summed E-state index contributed by atoms with van der Waals surface area (Å²) in [5, 5.41) is 6.13. The Morgan fingerprint density at radius 2 is 1.79 bits per heavy atom. The first-order valence-electron chi connectivity index (χ1n) is 11.0. The van der Waals surface area contributed by atoms with Crippen molar-refractivity contribution >= 4 is 27.8 Å². The lowest BCUT2D eigenvalue weighted by atomic mass is 10.1. The van der Waals surface area contributed by atoms with Gasteiger partial charge in [-0.1, -0.05) is 13.0 Å². The average molecular weight is 496 g/mol. The maximum absolute atomic E-state index is 12.3. The summed E-state index contributed by atoms with van der Waals surface area (Å²) in [7, 11) is -0.128. The van der Waals surface area contributed by atoms with Crippen LogP contribution in [0.1, 0.15) is 36.2 Å². The second kappa shape index (κ2) is 13.6. The minimum atomic E-state index is -3.29. The number of hydrogen-bond acceptors (Lipinski definition) is 10. The van der Waals surface area contributed by atoms with Crippen LogP contribution in [0.5, 0.6) is 11.5 Å². The predicted octanol–water partition coefficient (Wildman–Crippen LogP) is 2.07. The van der Waals surface area contributed by atoms with Gasteiger partial charge in [-0.15, -0.1) is 0 Å². The van der Waals surface area contributed by atoms with Gasteiger partial charge >= 0.3 is 5.97 Å². The van der Waals surface area contributed by atoms with E-state index in [1.165, 1.54) is 6.20 Å². The first-order chi connectivity index (χ1) is 16.3. The van der Waals surface area contributed by atoms with E-state index in [0.29, 0.717) is 36.7 Å². The SMILES string of the molecule is CCCS(=O)(=O)NCCNc1ncc(C(=O)OCC)c(NCCc2ccc(OC)c(OC)c2)n1. The lowest BCUT2D eigenvalue weighted by Crippen LogP contribution is -2.31. The van der Waals surface area contributed by atoms with Crippen LogP contribution >= 0.6 is 0 Å². The van der Waals surface area contributed by atoms with E-state index in [1.807, 2.05) is 18.2 Å². The highest BCUT2D eigenvalue weighted by Gasteiger charge is 2.16. The molecule has 0 saturated carbocycles. The monoisotopic (exact) mass is 495 g/mol. The summed E-state index contributed by atoms with van der Waals surface area (Å²) in [6.45, 7) is 4.70. The Hall–Kier alpha value is -3.12. The largest absolute Gasteiger partial charge is 0.493 e. The number of benzene rings is 1. The Kier molecular flexibility index (Phi) is 10.8. The maximum atomic E-state index is 12.3. The van der Waals surface area contributed by atoms with E-state index in [-0.39, 0.29) is 37.0 Å². The van der Waals surface area contributed by atoms with Crippen molar-refractivity contribution in [2.75, 3.05) is 56.8 Å². The summed E-state index contributed by atoms with van der Waals surface area (Å²) in [6, 6.07) is 5.65. The molecule has 34 heavy (non-hydrogen) atoms. The Balaban J connectivity index is 2.05. The number of hydrogen-bond donors (Lipinski definition) is 3. The molecule has 2 rings (SSSR count). The molecular formula is C22H33N5O6S. The van der Waals surface area contributed by atoms with Gasteiger partial charge in [-0.2, -0.15) is 4.98 Å². The van der Waals surface area contributed by atoms with Crippen molar-refractivity contribution in [2.24, 2.45) is 0 Å². The highest BCUT2D eigenvalue weighted by Crippen LogP contribution is 2.27. The summed E-state index contributed by atoms with van der Waals surface area (Å²) >= 11 is 0. The minimum absolute atomic E-state index is 0.0753. The molecule has 0 spiro atoms. The number of nitrogens with one attached hydrogen (secondary N) is 3. The number of aromatic nitrogens is 2. The second-order valence-corrected chi connectivity index (χ2v) is 9.11. The molecule has 0 radical (unpaired) electrons. The predicted molar refractivity (Wildman–Crippen MR) is 130 cm³/mol. The van der Waals surface area contributed by atoms with Crippen LogP contribution < -0.4 is 24.8 Å². The van der Waals surface area contributed by atoms with Crippen LogP contribution in [0.25, 0.3) is 0 Å². The Labute approximate surface area is 200 Å². The van der Waals surface area contributed by atoms with Gasteiger partial charge in [0, 0.05) is 25.8 Å². The van der Waals surface area contributed by atoms with E-state index in [2.05, 4.69) is 25.3 Å². The van der Waals surface area contributed by atoms with Gasteiger partial charge < -0.3 is 24.8 Å². The average Bonchev–Trinajstić information content (AvgIpc) is 2.82. The zero-order chi connectivity index (χ0) is 25.0. The van der Waals surface area contributed by atoms with Crippen LogP contribution in [0.3, 0.4) is 0 Å². The zero-order valence-electron chi connectivity index (χ0n) is 20.0. The van der Waals surface area contributed by atoms with Crippen molar-refractivity contribution in [3.63, 3.8) is 0 Å².